The highest BCUT2D eigenvalue weighted by atomic mass is 16.6. The summed E-state index contributed by atoms with van der Waals surface area (Å²) in [4.78, 5) is 24.0. The zero-order chi connectivity index (χ0) is 15.1. The van der Waals surface area contributed by atoms with E-state index in [-0.39, 0.29) is 18.5 Å². The third kappa shape index (κ3) is 1.92. The summed E-state index contributed by atoms with van der Waals surface area (Å²) >= 11 is 0. The summed E-state index contributed by atoms with van der Waals surface area (Å²) in [5, 5.41) is 6.52. The molecular weight excluding hydrogens is 278 g/mol. The summed E-state index contributed by atoms with van der Waals surface area (Å²) < 4.78 is 4.70. The van der Waals surface area contributed by atoms with E-state index in [1.807, 2.05) is 48.5 Å². The van der Waals surface area contributed by atoms with E-state index in [1.165, 1.54) is 0 Å². The first kappa shape index (κ1) is 12.8. The van der Waals surface area contributed by atoms with E-state index in [4.69, 9.17) is 4.74 Å². The van der Waals surface area contributed by atoms with Gasteiger partial charge in [0.05, 0.1) is 5.56 Å². The molecule has 1 N–H and O–H groups in total. The second-order valence-electron chi connectivity index (χ2n) is 5.35. The van der Waals surface area contributed by atoms with Gasteiger partial charge in [-0.25, -0.2) is 4.79 Å². The van der Waals surface area contributed by atoms with Gasteiger partial charge in [-0.05, 0) is 27.6 Å². The van der Waals surface area contributed by atoms with Gasteiger partial charge in [0, 0.05) is 0 Å². The van der Waals surface area contributed by atoms with Gasteiger partial charge in [0.2, 0.25) is 0 Å². The van der Waals surface area contributed by atoms with E-state index in [1.54, 1.807) is 0 Å². The first-order valence-corrected chi connectivity index (χ1v) is 7.12. The summed E-state index contributed by atoms with van der Waals surface area (Å²) in [7, 11) is 0. The summed E-state index contributed by atoms with van der Waals surface area (Å²) in [6.07, 6.45) is 0. The minimum Gasteiger partial charge on any atom is -0.461 e. The van der Waals surface area contributed by atoms with Crippen LogP contribution in [-0.2, 0) is 9.53 Å². The van der Waals surface area contributed by atoms with Gasteiger partial charge in [0.1, 0.15) is 6.61 Å². The van der Waals surface area contributed by atoms with Crippen LogP contribution in [0.3, 0.4) is 0 Å². The lowest BCUT2D eigenvalue weighted by Gasteiger charge is -2.25. The molecule has 3 aromatic rings. The number of nitrogens with one attached hydrogen (secondary N) is 1. The van der Waals surface area contributed by atoms with Crippen molar-refractivity contribution in [2.24, 2.45) is 0 Å². The van der Waals surface area contributed by atoms with E-state index in [0.29, 0.717) is 5.56 Å². The number of cyclic esters (lactones) is 1. The van der Waals surface area contributed by atoms with Gasteiger partial charge in [-0.2, -0.15) is 0 Å². The van der Waals surface area contributed by atoms with Gasteiger partial charge in [-0.15, -0.1) is 0 Å². The fourth-order valence-electron chi connectivity index (χ4n) is 2.82. The van der Waals surface area contributed by atoms with Crippen LogP contribution < -0.4 is 5.32 Å². The van der Waals surface area contributed by atoms with Crippen molar-refractivity contribution in [3.8, 4) is 0 Å². The number of ether oxygens (including phenoxy) is 1. The fourth-order valence-corrected chi connectivity index (χ4v) is 2.82. The standard InChI is InChI=1S/C18H13NO3/c20-17(19-15-10-22-18(15)21)16-13-7-3-1-5-11(13)9-12-6-2-4-8-14(12)16/h1-9,15H,10H2,(H,19,20). The second-order valence-corrected chi connectivity index (χ2v) is 5.35. The number of carbonyl (C=O) groups is 2. The number of hydrogen-bond donors (Lipinski definition) is 1. The quantitative estimate of drug-likeness (QED) is 0.583. The summed E-state index contributed by atoms with van der Waals surface area (Å²) in [6.45, 7) is 0.243. The van der Waals surface area contributed by atoms with Gasteiger partial charge in [-0.3, -0.25) is 4.79 Å². The SMILES string of the molecule is O=C(NC1COC1=O)c1c2ccccc2cc2ccccc12. The molecule has 4 nitrogen and oxygen atoms in total. The normalized spacial score (nSPS) is 17.1. The maximum Gasteiger partial charge on any atom is 0.332 e. The van der Waals surface area contributed by atoms with Crippen molar-refractivity contribution < 1.29 is 14.3 Å². The molecule has 4 heteroatoms. The van der Waals surface area contributed by atoms with Crippen LogP contribution in [0.4, 0.5) is 0 Å². The van der Waals surface area contributed by atoms with Crippen molar-refractivity contribution in [3.63, 3.8) is 0 Å². The van der Waals surface area contributed by atoms with Gasteiger partial charge >= 0.3 is 5.97 Å². The Morgan fingerprint density at radius 2 is 1.59 bits per heavy atom. The molecule has 0 saturated carbocycles. The highest BCUT2D eigenvalue weighted by Gasteiger charge is 2.33. The Bertz CT molecular complexity index is 862. The van der Waals surface area contributed by atoms with Crippen LogP contribution in [-0.4, -0.2) is 24.5 Å². The molecule has 1 fully saturated rings. The average molecular weight is 291 g/mol. The molecule has 1 aliphatic heterocycles. The Morgan fingerprint density at radius 3 is 2.09 bits per heavy atom. The monoisotopic (exact) mass is 291 g/mol. The Hall–Kier alpha value is -2.88. The number of benzene rings is 3. The zero-order valence-electron chi connectivity index (χ0n) is 11.7. The first-order chi connectivity index (χ1) is 10.7. The summed E-state index contributed by atoms with van der Waals surface area (Å²) in [6, 6.07) is 17.1. The highest BCUT2D eigenvalue weighted by molar-refractivity contribution is 6.18. The number of rotatable bonds is 2. The van der Waals surface area contributed by atoms with Crippen LogP contribution in [0.15, 0.2) is 54.6 Å². The van der Waals surface area contributed by atoms with Crippen LogP contribution in [0.2, 0.25) is 0 Å². The van der Waals surface area contributed by atoms with Crippen LogP contribution in [0.25, 0.3) is 21.5 Å². The van der Waals surface area contributed by atoms with Crippen molar-refractivity contribution in [3.05, 3.63) is 60.2 Å². The molecule has 1 aliphatic rings. The van der Waals surface area contributed by atoms with Gasteiger partial charge < -0.3 is 10.1 Å². The van der Waals surface area contributed by atoms with E-state index in [0.717, 1.165) is 21.5 Å². The van der Waals surface area contributed by atoms with E-state index in [9.17, 15) is 9.59 Å². The molecule has 0 radical (unpaired) electrons. The van der Waals surface area contributed by atoms with E-state index >= 15 is 0 Å². The van der Waals surface area contributed by atoms with Crippen molar-refractivity contribution >= 4 is 33.4 Å². The average Bonchev–Trinajstić information content (AvgIpc) is 2.55. The molecule has 1 amide bonds. The Balaban J connectivity index is 1.92. The molecule has 22 heavy (non-hydrogen) atoms. The third-order valence-corrected chi connectivity index (χ3v) is 3.98. The second kappa shape index (κ2) is 4.84. The minimum atomic E-state index is -0.537. The Labute approximate surface area is 126 Å². The lowest BCUT2D eigenvalue weighted by atomic mass is 9.96. The highest BCUT2D eigenvalue weighted by Crippen LogP contribution is 2.28. The van der Waals surface area contributed by atoms with Gasteiger partial charge in [0.15, 0.2) is 6.04 Å². The smallest absolute Gasteiger partial charge is 0.332 e. The number of hydrogen-bond acceptors (Lipinski definition) is 3. The predicted octanol–water partition coefficient (Wildman–Crippen LogP) is 2.65. The number of carbonyl (C=O) groups excluding carboxylic acids is 2. The number of esters is 1. The summed E-state index contributed by atoms with van der Waals surface area (Å²) in [5.74, 6) is -0.618. The lowest BCUT2D eigenvalue weighted by molar-refractivity contribution is -0.162. The van der Waals surface area contributed by atoms with Gasteiger partial charge in [0.25, 0.3) is 5.91 Å². The molecule has 0 aromatic heterocycles. The first-order valence-electron chi connectivity index (χ1n) is 7.12. The molecule has 108 valence electrons. The maximum absolute atomic E-state index is 12.7. The van der Waals surface area contributed by atoms with Crippen molar-refractivity contribution in [1.29, 1.82) is 0 Å². The molecule has 1 heterocycles. The van der Waals surface area contributed by atoms with Crippen LogP contribution in [0.1, 0.15) is 10.4 Å². The Kier molecular flexibility index (Phi) is 2.82. The predicted molar refractivity (Wildman–Crippen MR) is 83.7 cm³/mol. The molecule has 0 aliphatic carbocycles. The Morgan fingerprint density at radius 1 is 1.00 bits per heavy atom. The largest absolute Gasteiger partial charge is 0.461 e. The number of amides is 1. The molecule has 4 rings (SSSR count). The molecule has 0 spiro atoms. The molecular formula is C18H13NO3. The lowest BCUT2D eigenvalue weighted by Crippen LogP contribution is -2.52. The molecule has 0 bridgehead atoms. The zero-order valence-corrected chi connectivity index (χ0v) is 11.7. The molecule has 1 unspecified atom stereocenters. The molecule has 3 aromatic carbocycles. The third-order valence-electron chi connectivity index (χ3n) is 3.98. The number of fused-ring (bicyclic) bond motifs is 2. The van der Waals surface area contributed by atoms with Crippen LogP contribution in [0, 0.1) is 0 Å². The van der Waals surface area contributed by atoms with Crippen LogP contribution in [0.5, 0.6) is 0 Å². The summed E-state index contributed by atoms with van der Waals surface area (Å²) in [5.41, 5.74) is 0.605. The minimum absolute atomic E-state index is 0.241. The molecule has 1 atom stereocenters. The van der Waals surface area contributed by atoms with Crippen LogP contribution >= 0.6 is 0 Å². The van der Waals surface area contributed by atoms with Crippen molar-refractivity contribution in [2.45, 2.75) is 6.04 Å². The maximum atomic E-state index is 12.7. The van der Waals surface area contributed by atoms with Crippen molar-refractivity contribution in [1.82, 2.24) is 5.32 Å². The van der Waals surface area contributed by atoms with E-state index < -0.39 is 6.04 Å². The fraction of sp³-hybridized carbons (Fsp3) is 0.111. The topological polar surface area (TPSA) is 55.4 Å². The van der Waals surface area contributed by atoms with E-state index in [2.05, 4.69) is 11.4 Å². The van der Waals surface area contributed by atoms with Crippen molar-refractivity contribution in [2.75, 3.05) is 6.61 Å². The van der Waals surface area contributed by atoms with Gasteiger partial charge in [-0.1, -0.05) is 48.5 Å². The molecule has 1 saturated heterocycles.